The van der Waals surface area contributed by atoms with Crippen LogP contribution in [-0.2, 0) is 10.0 Å². The maximum atomic E-state index is 12.2. The molecule has 1 saturated heterocycles. The number of benzene rings is 1. The Labute approximate surface area is 152 Å². The normalized spacial score (nSPS) is 18.5. The third-order valence-electron chi connectivity index (χ3n) is 4.87. The van der Waals surface area contributed by atoms with Crippen molar-refractivity contribution in [1.29, 1.82) is 0 Å². The Morgan fingerprint density at radius 3 is 2.12 bits per heavy atom. The molecule has 1 fully saturated rings. The van der Waals surface area contributed by atoms with E-state index in [1.807, 2.05) is 14.1 Å². The second-order valence-electron chi connectivity index (χ2n) is 7.28. The van der Waals surface area contributed by atoms with Gasteiger partial charge in [0.05, 0.1) is 5.25 Å². The van der Waals surface area contributed by atoms with Crippen LogP contribution in [0, 0.1) is 0 Å². The molecule has 2 rings (SSSR count). The lowest BCUT2D eigenvalue weighted by atomic mass is 10.0. The topological polar surface area (TPSA) is 55.9 Å². The number of nitrogens with one attached hydrogen (secondary N) is 1. The van der Waals surface area contributed by atoms with Crippen LogP contribution in [0.5, 0.6) is 0 Å². The Bertz CT molecular complexity index is 636. The van der Waals surface area contributed by atoms with E-state index in [-0.39, 0.29) is 6.04 Å². The van der Waals surface area contributed by atoms with Gasteiger partial charge in [-0.15, -0.1) is 0 Å². The van der Waals surface area contributed by atoms with Crippen LogP contribution in [0.4, 0.5) is 5.69 Å². The maximum Gasteiger partial charge on any atom is 0.213 e. The van der Waals surface area contributed by atoms with Crippen molar-refractivity contribution in [1.82, 2.24) is 14.5 Å². The number of likely N-dealkylation sites (N-methyl/N-ethyl adjacent to an activating group) is 1. The molecule has 1 aliphatic heterocycles. The summed E-state index contributed by atoms with van der Waals surface area (Å²) in [5.74, 6) is 0. The lowest BCUT2D eigenvalue weighted by Gasteiger charge is -2.38. The van der Waals surface area contributed by atoms with E-state index in [2.05, 4.69) is 50.7 Å². The summed E-state index contributed by atoms with van der Waals surface area (Å²) in [6, 6.07) is 8.47. The molecule has 1 aliphatic rings. The van der Waals surface area contributed by atoms with E-state index in [1.165, 1.54) is 0 Å². The standard InChI is InChI=1S/C18H32N4O2S/c1-15(2)25(23,24)19-14-18(22-12-10-21(5)11-13-22)16-6-8-17(9-7-16)20(3)4/h6-9,15,18-19H,10-14H2,1-5H3/t18-/m0/s1. The summed E-state index contributed by atoms with van der Waals surface area (Å²) in [6.07, 6.45) is 0. The molecule has 142 valence electrons. The summed E-state index contributed by atoms with van der Waals surface area (Å²) in [4.78, 5) is 6.75. The molecule has 1 heterocycles. The van der Waals surface area contributed by atoms with E-state index in [0.717, 1.165) is 37.4 Å². The van der Waals surface area contributed by atoms with Crippen LogP contribution in [0.15, 0.2) is 24.3 Å². The van der Waals surface area contributed by atoms with Crippen molar-refractivity contribution in [2.75, 3.05) is 58.8 Å². The molecule has 0 amide bonds. The predicted molar refractivity (Wildman–Crippen MR) is 105 cm³/mol. The third kappa shape index (κ3) is 5.41. The van der Waals surface area contributed by atoms with E-state index in [0.29, 0.717) is 6.54 Å². The van der Waals surface area contributed by atoms with Crippen LogP contribution >= 0.6 is 0 Å². The molecule has 0 aromatic heterocycles. The largest absolute Gasteiger partial charge is 0.378 e. The van der Waals surface area contributed by atoms with E-state index in [4.69, 9.17) is 0 Å². The highest BCUT2D eigenvalue weighted by atomic mass is 32.2. The molecule has 0 spiro atoms. The average Bonchev–Trinajstić information content (AvgIpc) is 2.57. The maximum absolute atomic E-state index is 12.2. The van der Waals surface area contributed by atoms with Gasteiger partial charge in [-0.2, -0.15) is 0 Å². The molecular weight excluding hydrogens is 336 g/mol. The van der Waals surface area contributed by atoms with Gasteiger partial charge < -0.3 is 9.80 Å². The number of hydrogen-bond acceptors (Lipinski definition) is 5. The van der Waals surface area contributed by atoms with Crippen LogP contribution < -0.4 is 9.62 Å². The van der Waals surface area contributed by atoms with Crippen molar-refractivity contribution < 1.29 is 8.42 Å². The van der Waals surface area contributed by atoms with Gasteiger partial charge in [0, 0.05) is 58.5 Å². The molecule has 25 heavy (non-hydrogen) atoms. The van der Waals surface area contributed by atoms with E-state index < -0.39 is 15.3 Å². The third-order valence-corrected chi connectivity index (χ3v) is 6.68. The highest BCUT2D eigenvalue weighted by Crippen LogP contribution is 2.24. The van der Waals surface area contributed by atoms with E-state index in [9.17, 15) is 8.42 Å². The van der Waals surface area contributed by atoms with Crippen molar-refractivity contribution >= 4 is 15.7 Å². The Morgan fingerprint density at radius 2 is 1.64 bits per heavy atom. The molecule has 0 radical (unpaired) electrons. The lowest BCUT2D eigenvalue weighted by molar-refractivity contribution is 0.113. The molecule has 0 saturated carbocycles. The summed E-state index contributed by atoms with van der Waals surface area (Å²) in [7, 11) is 2.89. The number of hydrogen-bond donors (Lipinski definition) is 1. The first kappa shape index (κ1) is 20.2. The first-order valence-electron chi connectivity index (χ1n) is 8.89. The Kier molecular flexibility index (Phi) is 6.85. The van der Waals surface area contributed by atoms with Gasteiger partial charge in [-0.3, -0.25) is 4.90 Å². The summed E-state index contributed by atoms with van der Waals surface area (Å²) in [5.41, 5.74) is 2.30. The number of anilines is 1. The highest BCUT2D eigenvalue weighted by molar-refractivity contribution is 7.90. The summed E-state index contributed by atoms with van der Waals surface area (Å²) in [6.45, 7) is 7.72. The van der Waals surface area contributed by atoms with Gasteiger partial charge in [0.1, 0.15) is 0 Å². The van der Waals surface area contributed by atoms with Crippen LogP contribution in [-0.4, -0.2) is 77.3 Å². The van der Waals surface area contributed by atoms with Gasteiger partial charge in [-0.1, -0.05) is 12.1 Å². The van der Waals surface area contributed by atoms with Crippen molar-refractivity contribution in [3.8, 4) is 0 Å². The Morgan fingerprint density at radius 1 is 1.08 bits per heavy atom. The average molecular weight is 369 g/mol. The smallest absolute Gasteiger partial charge is 0.213 e. The molecule has 0 aliphatic carbocycles. The summed E-state index contributed by atoms with van der Waals surface area (Å²) in [5, 5.41) is -0.420. The number of piperazine rings is 1. The fourth-order valence-corrected chi connectivity index (χ4v) is 3.67. The van der Waals surface area contributed by atoms with Crippen LogP contribution in [0.3, 0.4) is 0 Å². The molecule has 1 atom stereocenters. The van der Waals surface area contributed by atoms with Gasteiger partial charge in [0.2, 0.25) is 10.0 Å². The molecule has 7 heteroatoms. The monoisotopic (exact) mass is 368 g/mol. The Balaban J connectivity index is 2.19. The second kappa shape index (κ2) is 8.49. The van der Waals surface area contributed by atoms with Crippen molar-refractivity contribution in [2.24, 2.45) is 0 Å². The van der Waals surface area contributed by atoms with Crippen molar-refractivity contribution in [2.45, 2.75) is 25.1 Å². The van der Waals surface area contributed by atoms with E-state index >= 15 is 0 Å². The van der Waals surface area contributed by atoms with Gasteiger partial charge in [0.25, 0.3) is 0 Å². The number of sulfonamides is 1. The number of nitrogens with zero attached hydrogens (tertiary/aromatic N) is 3. The summed E-state index contributed by atoms with van der Waals surface area (Å²) < 4.78 is 27.2. The zero-order chi connectivity index (χ0) is 18.6. The second-order valence-corrected chi connectivity index (χ2v) is 9.60. The fraction of sp³-hybridized carbons (Fsp3) is 0.667. The zero-order valence-corrected chi connectivity index (χ0v) is 16.9. The van der Waals surface area contributed by atoms with Crippen LogP contribution in [0.25, 0.3) is 0 Å². The lowest BCUT2D eigenvalue weighted by Crippen LogP contribution is -2.49. The van der Waals surface area contributed by atoms with Gasteiger partial charge in [0.15, 0.2) is 0 Å². The molecule has 1 N–H and O–H groups in total. The van der Waals surface area contributed by atoms with Crippen LogP contribution in [0.1, 0.15) is 25.5 Å². The molecular formula is C18H32N4O2S. The van der Waals surface area contributed by atoms with Crippen molar-refractivity contribution in [3.05, 3.63) is 29.8 Å². The molecule has 0 bridgehead atoms. The van der Waals surface area contributed by atoms with Gasteiger partial charge >= 0.3 is 0 Å². The number of rotatable bonds is 7. The van der Waals surface area contributed by atoms with Gasteiger partial charge in [-0.25, -0.2) is 13.1 Å². The van der Waals surface area contributed by atoms with E-state index in [1.54, 1.807) is 13.8 Å². The molecule has 0 unspecified atom stereocenters. The quantitative estimate of drug-likeness (QED) is 0.788. The predicted octanol–water partition coefficient (Wildman–Crippen LogP) is 1.37. The van der Waals surface area contributed by atoms with Crippen LogP contribution in [0.2, 0.25) is 0 Å². The summed E-state index contributed by atoms with van der Waals surface area (Å²) >= 11 is 0. The Hall–Kier alpha value is -1.15. The first-order valence-corrected chi connectivity index (χ1v) is 10.4. The van der Waals surface area contributed by atoms with Gasteiger partial charge in [-0.05, 0) is 38.6 Å². The minimum atomic E-state index is -3.27. The molecule has 6 nitrogen and oxygen atoms in total. The minimum Gasteiger partial charge on any atom is -0.378 e. The molecule has 1 aromatic rings. The minimum absolute atomic E-state index is 0.0541. The molecule has 1 aromatic carbocycles. The SMILES string of the molecule is CC(C)S(=O)(=O)NC[C@@H](c1ccc(N(C)C)cc1)N1CCN(C)CC1. The first-order chi connectivity index (χ1) is 11.7. The fourth-order valence-electron chi connectivity index (χ4n) is 2.95. The van der Waals surface area contributed by atoms with Crippen molar-refractivity contribution in [3.63, 3.8) is 0 Å². The zero-order valence-electron chi connectivity index (χ0n) is 16.1. The highest BCUT2D eigenvalue weighted by Gasteiger charge is 2.26.